The van der Waals surface area contributed by atoms with Crippen molar-refractivity contribution in [3.05, 3.63) is 34.7 Å². The van der Waals surface area contributed by atoms with Crippen molar-refractivity contribution in [3.8, 4) is 11.3 Å². The van der Waals surface area contributed by atoms with Crippen LogP contribution in [0.4, 0.5) is 0 Å². The quantitative estimate of drug-likeness (QED) is 0.751. The zero-order valence-corrected chi connectivity index (χ0v) is 16.8. The molecule has 26 heavy (non-hydrogen) atoms. The van der Waals surface area contributed by atoms with Gasteiger partial charge in [-0.2, -0.15) is 4.31 Å². The van der Waals surface area contributed by atoms with E-state index in [1.165, 1.54) is 11.3 Å². The summed E-state index contributed by atoms with van der Waals surface area (Å²) in [6, 6.07) is 6.89. The Kier molecular flexibility index (Phi) is 5.89. The Labute approximate surface area is 159 Å². The van der Waals surface area contributed by atoms with Gasteiger partial charge in [0.05, 0.1) is 17.0 Å². The number of ketones is 1. The van der Waals surface area contributed by atoms with Crippen LogP contribution in [0.5, 0.6) is 0 Å². The standard InChI is InChI=1S/C19H24N2O3S2/c1-3-16(22)12-19-20-18(13-25-19)15-4-6-17(7-5-15)26(23,24)21-10-8-14(2)9-11-21/h4-7,13-14H,3,8-12H2,1-2H3. The highest BCUT2D eigenvalue weighted by Crippen LogP contribution is 2.27. The molecular formula is C19H24N2O3S2. The van der Waals surface area contributed by atoms with E-state index in [2.05, 4.69) is 11.9 Å². The van der Waals surface area contributed by atoms with Crippen LogP contribution in [0.15, 0.2) is 34.5 Å². The van der Waals surface area contributed by atoms with Crippen molar-refractivity contribution in [2.24, 2.45) is 5.92 Å². The molecule has 0 amide bonds. The first-order valence-electron chi connectivity index (χ1n) is 8.97. The molecule has 0 unspecified atom stereocenters. The van der Waals surface area contributed by atoms with Crippen LogP contribution in [-0.2, 0) is 21.2 Å². The summed E-state index contributed by atoms with van der Waals surface area (Å²) >= 11 is 1.46. The minimum atomic E-state index is -3.43. The Bertz CT molecular complexity index is 864. The lowest BCUT2D eigenvalue weighted by atomic mass is 10.0. The summed E-state index contributed by atoms with van der Waals surface area (Å²) < 4.78 is 27.1. The third-order valence-corrected chi connectivity index (χ3v) is 7.59. The summed E-state index contributed by atoms with van der Waals surface area (Å²) in [6.07, 6.45) is 2.70. The average Bonchev–Trinajstić information content (AvgIpc) is 3.10. The van der Waals surface area contributed by atoms with E-state index in [1.54, 1.807) is 28.6 Å². The second-order valence-corrected chi connectivity index (χ2v) is 9.69. The van der Waals surface area contributed by atoms with Gasteiger partial charge >= 0.3 is 0 Å². The third-order valence-electron chi connectivity index (χ3n) is 4.82. The Hall–Kier alpha value is -1.57. The largest absolute Gasteiger partial charge is 0.299 e. The normalized spacial score (nSPS) is 16.7. The van der Waals surface area contributed by atoms with E-state index >= 15 is 0 Å². The number of hydrogen-bond donors (Lipinski definition) is 0. The molecule has 2 aromatic rings. The maximum Gasteiger partial charge on any atom is 0.243 e. The van der Waals surface area contributed by atoms with Gasteiger partial charge in [-0.25, -0.2) is 13.4 Å². The molecular weight excluding hydrogens is 368 g/mol. The molecule has 7 heteroatoms. The van der Waals surface area contributed by atoms with Crippen LogP contribution < -0.4 is 0 Å². The fourth-order valence-corrected chi connectivity index (χ4v) is 5.29. The molecule has 0 atom stereocenters. The Morgan fingerprint density at radius 2 is 1.88 bits per heavy atom. The van der Waals surface area contributed by atoms with E-state index in [1.807, 2.05) is 12.3 Å². The molecule has 140 valence electrons. The topological polar surface area (TPSA) is 67.3 Å². The number of rotatable bonds is 6. The van der Waals surface area contributed by atoms with Crippen molar-refractivity contribution < 1.29 is 13.2 Å². The highest BCUT2D eigenvalue weighted by atomic mass is 32.2. The van der Waals surface area contributed by atoms with Crippen molar-refractivity contribution in [1.82, 2.24) is 9.29 Å². The molecule has 1 saturated heterocycles. The molecule has 3 rings (SSSR count). The van der Waals surface area contributed by atoms with Crippen LogP contribution in [0.2, 0.25) is 0 Å². The molecule has 1 aromatic carbocycles. The molecule has 5 nitrogen and oxygen atoms in total. The predicted octanol–water partition coefficient (Wildman–Crippen LogP) is 3.75. The Balaban J connectivity index is 1.75. The molecule has 0 radical (unpaired) electrons. The third kappa shape index (κ3) is 4.22. The number of thiazole rings is 1. The SMILES string of the molecule is CCC(=O)Cc1nc(-c2ccc(S(=O)(=O)N3CCC(C)CC3)cc2)cs1. The first kappa shape index (κ1) is 19.2. The first-order valence-corrected chi connectivity index (χ1v) is 11.3. The molecule has 1 aliphatic rings. The molecule has 0 N–H and O–H groups in total. The fraction of sp³-hybridized carbons (Fsp3) is 0.474. The van der Waals surface area contributed by atoms with Gasteiger partial charge < -0.3 is 0 Å². The van der Waals surface area contributed by atoms with Crippen molar-refractivity contribution in [2.75, 3.05) is 13.1 Å². The highest BCUT2D eigenvalue weighted by Gasteiger charge is 2.27. The van der Waals surface area contributed by atoms with E-state index in [0.717, 1.165) is 29.1 Å². The number of carbonyl (C=O) groups is 1. The minimum absolute atomic E-state index is 0.170. The smallest absolute Gasteiger partial charge is 0.243 e. The number of benzene rings is 1. The first-order chi connectivity index (χ1) is 12.4. The van der Waals surface area contributed by atoms with Gasteiger partial charge in [-0.3, -0.25) is 4.79 Å². The van der Waals surface area contributed by atoms with E-state index < -0.39 is 10.0 Å². The second kappa shape index (κ2) is 7.98. The Morgan fingerprint density at radius 1 is 1.23 bits per heavy atom. The summed E-state index contributed by atoms with van der Waals surface area (Å²) in [5.74, 6) is 0.755. The number of piperidine rings is 1. The number of hydrogen-bond acceptors (Lipinski definition) is 5. The molecule has 2 heterocycles. The summed E-state index contributed by atoms with van der Waals surface area (Å²) in [5.41, 5.74) is 1.65. The van der Waals surface area contributed by atoms with E-state index in [9.17, 15) is 13.2 Å². The van der Waals surface area contributed by atoms with E-state index in [4.69, 9.17) is 0 Å². The van der Waals surface area contributed by atoms with Gasteiger partial charge in [-0.15, -0.1) is 11.3 Å². The molecule has 0 bridgehead atoms. The van der Waals surface area contributed by atoms with Crippen LogP contribution in [0.1, 0.15) is 38.1 Å². The molecule has 1 aliphatic heterocycles. The maximum atomic E-state index is 12.8. The second-order valence-electron chi connectivity index (χ2n) is 6.81. The van der Waals surface area contributed by atoms with Crippen LogP contribution >= 0.6 is 11.3 Å². The zero-order chi connectivity index (χ0) is 18.7. The summed E-state index contributed by atoms with van der Waals surface area (Å²) in [4.78, 5) is 16.4. The summed E-state index contributed by atoms with van der Waals surface area (Å²) in [7, 11) is -3.43. The van der Waals surface area contributed by atoms with Crippen LogP contribution in [0.3, 0.4) is 0 Å². The van der Waals surface area contributed by atoms with Gasteiger partial charge in [-0.1, -0.05) is 26.0 Å². The molecule has 0 saturated carbocycles. The van der Waals surface area contributed by atoms with Gasteiger partial charge in [-0.05, 0) is 30.9 Å². The molecule has 1 aromatic heterocycles. The fourth-order valence-electron chi connectivity index (χ4n) is 2.99. The predicted molar refractivity (Wildman–Crippen MR) is 104 cm³/mol. The highest BCUT2D eigenvalue weighted by molar-refractivity contribution is 7.89. The van der Waals surface area contributed by atoms with Gasteiger partial charge in [0.2, 0.25) is 10.0 Å². The van der Waals surface area contributed by atoms with Crippen LogP contribution in [0.25, 0.3) is 11.3 Å². The van der Waals surface area contributed by atoms with E-state index in [-0.39, 0.29) is 5.78 Å². The van der Waals surface area contributed by atoms with Crippen LogP contribution in [-0.4, -0.2) is 36.6 Å². The Morgan fingerprint density at radius 3 is 2.50 bits per heavy atom. The molecule has 0 spiro atoms. The van der Waals surface area contributed by atoms with Crippen molar-refractivity contribution in [2.45, 2.75) is 44.4 Å². The lowest BCUT2D eigenvalue weighted by molar-refractivity contribution is -0.118. The molecule has 1 fully saturated rings. The number of aromatic nitrogens is 1. The maximum absolute atomic E-state index is 12.8. The van der Waals surface area contributed by atoms with Gasteiger partial charge in [0.25, 0.3) is 0 Å². The van der Waals surface area contributed by atoms with Gasteiger partial charge in [0, 0.05) is 30.5 Å². The number of carbonyl (C=O) groups excluding carboxylic acids is 1. The lowest BCUT2D eigenvalue weighted by Gasteiger charge is -2.29. The zero-order valence-electron chi connectivity index (χ0n) is 15.1. The van der Waals surface area contributed by atoms with Gasteiger partial charge in [0.1, 0.15) is 10.8 Å². The van der Waals surface area contributed by atoms with Crippen molar-refractivity contribution in [1.29, 1.82) is 0 Å². The monoisotopic (exact) mass is 392 g/mol. The van der Waals surface area contributed by atoms with E-state index in [0.29, 0.717) is 36.7 Å². The number of nitrogens with zero attached hydrogens (tertiary/aromatic N) is 2. The van der Waals surface area contributed by atoms with Crippen molar-refractivity contribution >= 4 is 27.1 Å². The average molecular weight is 393 g/mol. The lowest BCUT2D eigenvalue weighted by Crippen LogP contribution is -2.37. The van der Waals surface area contributed by atoms with Gasteiger partial charge in [0.15, 0.2) is 0 Å². The summed E-state index contributed by atoms with van der Waals surface area (Å²) in [6.45, 7) is 5.19. The van der Waals surface area contributed by atoms with Crippen molar-refractivity contribution in [3.63, 3.8) is 0 Å². The number of Topliss-reactive ketones (excluding diaryl/α,β-unsaturated/α-hetero) is 1. The molecule has 0 aliphatic carbocycles. The van der Waals surface area contributed by atoms with Crippen LogP contribution in [0, 0.1) is 5.92 Å². The summed E-state index contributed by atoms with van der Waals surface area (Å²) in [5, 5.41) is 2.71. The number of sulfonamides is 1. The minimum Gasteiger partial charge on any atom is -0.299 e.